The fraction of sp³-hybridized carbons (Fsp3) is 0.600. The van der Waals surface area contributed by atoms with Crippen molar-refractivity contribution < 1.29 is 14.3 Å². The van der Waals surface area contributed by atoms with Crippen molar-refractivity contribution in [3.05, 3.63) is 0 Å². The maximum absolute atomic E-state index is 10.3. The fourth-order valence-electron chi connectivity index (χ4n) is 0.267. The highest BCUT2D eigenvalue weighted by Crippen LogP contribution is 1.88. The highest BCUT2D eigenvalue weighted by Gasteiger charge is 2.04. The molecule has 0 saturated heterocycles. The van der Waals surface area contributed by atoms with Crippen LogP contribution < -0.4 is 0 Å². The number of alkyl halides is 1. The fourth-order valence-corrected chi connectivity index (χ4v) is 0.330. The van der Waals surface area contributed by atoms with Crippen molar-refractivity contribution >= 4 is 23.9 Å². The molecule has 0 aromatic rings. The molecule has 9 heavy (non-hydrogen) atoms. The van der Waals surface area contributed by atoms with Crippen LogP contribution in [-0.4, -0.2) is 24.2 Å². The molecule has 1 atom stereocenters. The van der Waals surface area contributed by atoms with Crippen molar-refractivity contribution in [2.24, 2.45) is 0 Å². The van der Waals surface area contributed by atoms with E-state index >= 15 is 0 Å². The van der Waals surface area contributed by atoms with Crippen LogP contribution in [0.4, 0.5) is 0 Å². The average Bonchev–Trinajstić information content (AvgIpc) is 1.87. The molecule has 0 amide bonds. The van der Waals surface area contributed by atoms with Crippen molar-refractivity contribution in [3.63, 3.8) is 0 Å². The summed E-state index contributed by atoms with van der Waals surface area (Å²) in [5.74, 6) is -0.783. The predicted molar refractivity (Wildman–Crippen MR) is 32.3 cm³/mol. The van der Waals surface area contributed by atoms with Crippen LogP contribution in [0.3, 0.4) is 0 Å². The number of hydrogen-bond donors (Lipinski definition) is 0. The lowest BCUT2D eigenvalue weighted by atomic mass is 10.5. The zero-order valence-corrected chi connectivity index (χ0v) is 5.72. The van der Waals surface area contributed by atoms with Crippen molar-refractivity contribution in [2.45, 2.75) is 13.0 Å². The zero-order chi connectivity index (χ0) is 7.28. The average molecular weight is 151 g/mol. The standard InChI is InChI=1S/C5H7ClO3/c1-4(3-7)9-5(8)2-6/h3-4H,2H2,1H3. The maximum atomic E-state index is 10.3. The van der Waals surface area contributed by atoms with Crippen molar-refractivity contribution in [2.75, 3.05) is 5.88 Å². The molecule has 0 rings (SSSR count). The van der Waals surface area contributed by atoms with Gasteiger partial charge in [-0.3, -0.25) is 9.59 Å². The Labute approximate surface area is 57.9 Å². The van der Waals surface area contributed by atoms with E-state index in [2.05, 4.69) is 4.74 Å². The third kappa shape index (κ3) is 3.97. The first-order chi connectivity index (χ1) is 4.20. The first-order valence-electron chi connectivity index (χ1n) is 2.41. The Bertz CT molecular complexity index is 113. The quantitative estimate of drug-likeness (QED) is 0.331. The van der Waals surface area contributed by atoms with E-state index < -0.39 is 12.1 Å². The topological polar surface area (TPSA) is 43.4 Å². The second kappa shape index (κ2) is 4.32. The minimum absolute atomic E-state index is 0.210. The monoisotopic (exact) mass is 150 g/mol. The van der Waals surface area contributed by atoms with Gasteiger partial charge in [-0.2, -0.15) is 0 Å². The lowest BCUT2D eigenvalue weighted by Gasteiger charge is -2.02. The first-order valence-corrected chi connectivity index (χ1v) is 2.95. The summed E-state index contributed by atoms with van der Waals surface area (Å²) in [6.45, 7) is 1.47. The zero-order valence-electron chi connectivity index (χ0n) is 4.96. The van der Waals surface area contributed by atoms with E-state index in [9.17, 15) is 9.59 Å². The number of aldehydes is 1. The molecule has 0 fully saturated rings. The lowest BCUT2D eigenvalue weighted by molar-refractivity contribution is -0.147. The van der Waals surface area contributed by atoms with Crippen LogP contribution in [0.1, 0.15) is 6.92 Å². The summed E-state index contributed by atoms with van der Waals surface area (Å²) in [6.07, 6.45) is -0.152. The molecule has 0 aliphatic rings. The van der Waals surface area contributed by atoms with E-state index in [0.29, 0.717) is 6.29 Å². The molecule has 0 N–H and O–H groups in total. The summed E-state index contributed by atoms with van der Waals surface area (Å²) in [6, 6.07) is 0. The van der Waals surface area contributed by atoms with Crippen molar-refractivity contribution in [1.29, 1.82) is 0 Å². The molecule has 0 aromatic heterocycles. The SMILES string of the molecule is CC(C=O)OC(=O)CCl. The van der Waals surface area contributed by atoms with Gasteiger partial charge in [0.15, 0.2) is 12.4 Å². The number of rotatable bonds is 3. The highest BCUT2D eigenvalue weighted by molar-refractivity contribution is 6.26. The molecule has 0 aromatic carbocycles. The maximum Gasteiger partial charge on any atom is 0.321 e. The van der Waals surface area contributed by atoms with E-state index in [-0.39, 0.29) is 5.88 Å². The van der Waals surface area contributed by atoms with Crippen LogP contribution in [0.2, 0.25) is 0 Å². The third-order valence-corrected chi connectivity index (χ3v) is 0.836. The molecule has 3 nitrogen and oxygen atoms in total. The Morgan fingerprint density at radius 2 is 2.44 bits per heavy atom. The molecule has 0 aliphatic heterocycles. The van der Waals surface area contributed by atoms with E-state index in [1.807, 2.05) is 0 Å². The van der Waals surface area contributed by atoms with Gasteiger partial charge in [-0.05, 0) is 6.92 Å². The molecule has 0 aliphatic carbocycles. The van der Waals surface area contributed by atoms with Gasteiger partial charge in [-0.25, -0.2) is 0 Å². The molecule has 0 saturated carbocycles. The van der Waals surface area contributed by atoms with Crippen molar-refractivity contribution in [1.82, 2.24) is 0 Å². The van der Waals surface area contributed by atoms with Crippen LogP contribution in [0, 0.1) is 0 Å². The summed E-state index contributed by atoms with van der Waals surface area (Å²) >= 11 is 5.06. The number of carbonyl (C=O) groups is 2. The molecule has 0 radical (unpaired) electrons. The minimum Gasteiger partial charge on any atom is -0.454 e. The number of halogens is 1. The summed E-state index contributed by atoms with van der Waals surface area (Å²) in [5, 5.41) is 0. The predicted octanol–water partition coefficient (Wildman–Crippen LogP) is 0.356. The second-order valence-corrected chi connectivity index (χ2v) is 1.73. The number of esters is 1. The Morgan fingerprint density at radius 1 is 1.89 bits per heavy atom. The highest BCUT2D eigenvalue weighted by atomic mass is 35.5. The van der Waals surface area contributed by atoms with Crippen LogP contribution in [0.5, 0.6) is 0 Å². The van der Waals surface area contributed by atoms with E-state index in [1.54, 1.807) is 0 Å². The molecule has 1 unspecified atom stereocenters. The molecule has 52 valence electrons. The number of carbonyl (C=O) groups excluding carboxylic acids is 2. The van der Waals surface area contributed by atoms with Gasteiger partial charge < -0.3 is 4.74 Å². The third-order valence-electron chi connectivity index (χ3n) is 0.618. The number of ether oxygens (including phenoxy) is 1. The molecule has 4 heteroatoms. The van der Waals surface area contributed by atoms with Crippen LogP contribution >= 0.6 is 11.6 Å². The minimum atomic E-state index is -0.684. The van der Waals surface area contributed by atoms with E-state index in [4.69, 9.17) is 11.6 Å². The first kappa shape index (κ1) is 8.43. The van der Waals surface area contributed by atoms with Gasteiger partial charge in [0.1, 0.15) is 5.88 Å². The normalized spacial score (nSPS) is 12.2. The van der Waals surface area contributed by atoms with E-state index in [0.717, 1.165) is 0 Å². The summed E-state index contributed by atoms with van der Waals surface area (Å²) in [7, 11) is 0. The smallest absolute Gasteiger partial charge is 0.321 e. The summed E-state index contributed by atoms with van der Waals surface area (Å²) in [5.41, 5.74) is 0. The molecular weight excluding hydrogens is 144 g/mol. The van der Waals surface area contributed by atoms with Gasteiger partial charge in [0.25, 0.3) is 0 Å². The van der Waals surface area contributed by atoms with E-state index in [1.165, 1.54) is 6.92 Å². The van der Waals surface area contributed by atoms with Gasteiger partial charge in [0, 0.05) is 0 Å². The van der Waals surface area contributed by atoms with Gasteiger partial charge in [-0.15, -0.1) is 11.6 Å². The Kier molecular flexibility index (Phi) is 4.05. The summed E-state index contributed by atoms with van der Waals surface area (Å²) in [4.78, 5) is 20.1. The molecule has 0 heterocycles. The van der Waals surface area contributed by atoms with Gasteiger partial charge >= 0.3 is 5.97 Å². The number of hydrogen-bond acceptors (Lipinski definition) is 3. The van der Waals surface area contributed by atoms with Crippen LogP contribution in [-0.2, 0) is 14.3 Å². The van der Waals surface area contributed by atoms with Crippen molar-refractivity contribution in [3.8, 4) is 0 Å². The largest absolute Gasteiger partial charge is 0.454 e. The van der Waals surface area contributed by atoms with Gasteiger partial charge in [0.2, 0.25) is 0 Å². The lowest BCUT2D eigenvalue weighted by Crippen LogP contribution is -2.16. The molecule has 0 spiro atoms. The van der Waals surface area contributed by atoms with Gasteiger partial charge in [0.05, 0.1) is 0 Å². The molecular formula is C5H7ClO3. The Morgan fingerprint density at radius 3 is 2.78 bits per heavy atom. The summed E-state index contributed by atoms with van der Waals surface area (Å²) < 4.78 is 4.41. The van der Waals surface area contributed by atoms with Crippen LogP contribution in [0.15, 0.2) is 0 Å². The Balaban J connectivity index is 3.46. The Hall–Kier alpha value is -0.570. The molecule has 0 bridgehead atoms. The second-order valence-electron chi connectivity index (χ2n) is 1.46. The van der Waals surface area contributed by atoms with Crippen LogP contribution in [0.25, 0.3) is 0 Å². The van der Waals surface area contributed by atoms with Gasteiger partial charge in [-0.1, -0.05) is 0 Å².